The number of benzene rings is 2. The first-order valence-corrected chi connectivity index (χ1v) is 9.28. The molecule has 0 radical (unpaired) electrons. The van der Waals surface area contributed by atoms with Gasteiger partial charge in [-0.05, 0) is 42.3 Å². The molecule has 0 saturated carbocycles. The maximum atomic E-state index is 13.9. The van der Waals surface area contributed by atoms with Crippen molar-refractivity contribution in [3.63, 3.8) is 0 Å². The van der Waals surface area contributed by atoms with Crippen molar-refractivity contribution in [2.45, 2.75) is 20.0 Å². The number of hydrogen-bond donors (Lipinski definition) is 1. The average Bonchev–Trinajstić information content (AvgIpc) is 3.37. The Bertz CT molecular complexity index is 1150. The molecule has 146 valence electrons. The van der Waals surface area contributed by atoms with Crippen LogP contribution < -0.4 is 5.32 Å². The Balaban J connectivity index is 1.41. The van der Waals surface area contributed by atoms with E-state index in [2.05, 4.69) is 14.9 Å². The van der Waals surface area contributed by atoms with Crippen molar-refractivity contribution >= 4 is 5.91 Å². The lowest BCUT2D eigenvalue weighted by Crippen LogP contribution is -2.22. The predicted molar refractivity (Wildman–Crippen MR) is 108 cm³/mol. The standard InChI is InChI=1S/C23H20FN3O2/c1-16-25-11-12-27(16)15-18-6-4-5-17(13-18)14-26-23(28)22-10-9-21(29-22)19-7-2-3-8-20(19)24/h2-13H,14-15H2,1H3,(H,26,28). The number of aryl methyl sites for hydroxylation is 1. The Kier molecular flexibility index (Phi) is 5.24. The van der Waals surface area contributed by atoms with Gasteiger partial charge in [0.15, 0.2) is 5.76 Å². The molecular formula is C23H20FN3O2. The number of nitrogens with one attached hydrogen (secondary N) is 1. The zero-order valence-corrected chi connectivity index (χ0v) is 15.9. The first kappa shape index (κ1) is 18.7. The molecule has 4 aromatic rings. The Hall–Kier alpha value is -3.67. The SMILES string of the molecule is Cc1nccn1Cc1cccc(CNC(=O)c2ccc(-c3ccccc3F)o2)c1. The minimum atomic E-state index is -0.390. The first-order chi connectivity index (χ1) is 14.1. The number of imidazole rings is 1. The molecule has 0 aliphatic carbocycles. The number of carbonyl (C=O) groups excluding carboxylic acids is 1. The molecule has 2 heterocycles. The molecular weight excluding hydrogens is 369 g/mol. The number of hydrogen-bond acceptors (Lipinski definition) is 3. The summed E-state index contributed by atoms with van der Waals surface area (Å²) in [7, 11) is 0. The number of aromatic nitrogens is 2. The summed E-state index contributed by atoms with van der Waals surface area (Å²) in [6, 6.07) is 17.5. The molecule has 0 aliphatic rings. The third-order valence-electron chi connectivity index (χ3n) is 4.69. The Labute approximate surface area is 167 Å². The van der Waals surface area contributed by atoms with Gasteiger partial charge in [0.25, 0.3) is 5.91 Å². The lowest BCUT2D eigenvalue weighted by atomic mass is 10.1. The summed E-state index contributed by atoms with van der Waals surface area (Å²) in [6.07, 6.45) is 3.71. The third-order valence-corrected chi connectivity index (χ3v) is 4.69. The van der Waals surface area contributed by atoms with Gasteiger partial charge in [-0.25, -0.2) is 9.37 Å². The summed E-state index contributed by atoms with van der Waals surface area (Å²) in [6.45, 7) is 3.05. The molecule has 1 amide bonds. The fourth-order valence-corrected chi connectivity index (χ4v) is 3.14. The quantitative estimate of drug-likeness (QED) is 0.526. The number of halogens is 1. The topological polar surface area (TPSA) is 60.1 Å². The van der Waals surface area contributed by atoms with Crippen LogP contribution >= 0.6 is 0 Å². The lowest BCUT2D eigenvalue weighted by molar-refractivity contribution is 0.0924. The van der Waals surface area contributed by atoms with E-state index in [0.717, 1.165) is 23.5 Å². The van der Waals surface area contributed by atoms with E-state index in [4.69, 9.17) is 4.42 Å². The van der Waals surface area contributed by atoms with Crippen molar-refractivity contribution in [2.24, 2.45) is 0 Å². The molecule has 5 nitrogen and oxygen atoms in total. The van der Waals surface area contributed by atoms with Gasteiger partial charge in [0.2, 0.25) is 0 Å². The van der Waals surface area contributed by atoms with Gasteiger partial charge in [0.05, 0.1) is 5.56 Å². The third kappa shape index (κ3) is 4.27. The molecule has 0 fully saturated rings. The number of nitrogens with zero attached hydrogens (tertiary/aromatic N) is 2. The second-order valence-corrected chi connectivity index (χ2v) is 6.75. The van der Waals surface area contributed by atoms with Gasteiger partial charge in [-0.1, -0.05) is 36.4 Å². The van der Waals surface area contributed by atoms with Crippen LogP contribution in [0.1, 0.15) is 27.5 Å². The highest BCUT2D eigenvalue weighted by Gasteiger charge is 2.14. The molecule has 0 atom stereocenters. The van der Waals surface area contributed by atoms with Gasteiger partial charge in [-0.3, -0.25) is 4.79 Å². The Morgan fingerprint density at radius 2 is 1.93 bits per heavy atom. The molecule has 4 rings (SSSR count). The Morgan fingerprint density at radius 3 is 2.72 bits per heavy atom. The highest BCUT2D eigenvalue weighted by atomic mass is 19.1. The first-order valence-electron chi connectivity index (χ1n) is 9.28. The molecule has 0 spiro atoms. The van der Waals surface area contributed by atoms with Crippen molar-refractivity contribution in [3.05, 3.63) is 102 Å². The second kappa shape index (κ2) is 8.14. The van der Waals surface area contributed by atoms with E-state index in [9.17, 15) is 9.18 Å². The number of furan rings is 1. The molecule has 1 N–H and O–H groups in total. The van der Waals surface area contributed by atoms with E-state index < -0.39 is 5.82 Å². The summed E-state index contributed by atoms with van der Waals surface area (Å²) >= 11 is 0. The Morgan fingerprint density at radius 1 is 1.10 bits per heavy atom. The summed E-state index contributed by atoms with van der Waals surface area (Å²) in [4.78, 5) is 16.7. The molecule has 0 saturated heterocycles. The maximum absolute atomic E-state index is 13.9. The van der Waals surface area contributed by atoms with Crippen LogP contribution in [0.3, 0.4) is 0 Å². The van der Waals surface area contributed by atoms with Gasteiger partial charge in [0, 0.05) is 25.5 Å². The average molecular weight is 389 g/mol. The van der Waals surface area contributed by atoms with E-state index in [1.807, 2.05) is 37.4 Å². The van der Waals surface area contributed by atoms with E-state index in [0.29, 0.717) is 17.9 Å². The van der Waals surface area contributed by atoms with Crippen molar-refractivity contribution in [1.82, 2.24) is 14.9 Å². The summed E-state index contributed by atoms with van der Waals surface area (Å²) in [5.41, 5.74) is 2.43. The lowest BCUT2D eigenvalue weighted by Gasteiger charge is -2.08. The van der Waals surface area contributed by atoms with Gasteiger partial charge < -0.3 is 14.3 Å². The normalized spacial score (nSPS) is 10.8. The molecule has 0 unspecified atom stereocenters. The zero-order chi connectivity index (χ0) is 20.2. The van der Waals surface area contributed by atoms with Crippen LogP contribution in [-0.4, -0.2) is 15.5 Å². The van der Waals surface area contributed by atoms with E-state index in [-0.39, 0.29) is 11.7 Å². The number of carbonyl (C=O) groups is 1. The van der Waals surface area contributed by atoms with Gasteiger partial charge in [-0.2, -0.15) is 0 Å². The van der Waals surface area contributed by atoms with Crippen molar-refractivity contribution in [3.8, 4) is 11.3 Å². The van der Waals surface area contributed by atoms with Crippen LogP contribution in [-0.2, 0) is 13.1 Å². The minimum Gasteiger partial charge on any atom is -0.451 e. The molecule has 2 aromatic carbocycles. The van der Waals surface area contributed by atoms with Crippen LogP contribution in [0.5, 0.6) is 0 Å². The summed E-state index contributed by atoms with van der Waals surface area (Å²) in [5.74, 6) is 0.689. The number of rotatable bonds is 6. The minimum absolute atomic E-state index is 0.147. The molecule has 29 heavy (non-hydrogen) atoms. The smallest absolute Gasteiger partial charge is 0.287 e. The predicted octanol–water partition coefficient (Wildman–Crippen LogP) is 4.57. The van der Waals surface area contributed by atoms with E-state index >= 15 is 0 Å². The molecule has 0 bridgehead atoms. The van der Waals surface area contributed by atoms with Crippen LogP contribution in [0.15, 0.2) is 77.5 Å². The highest BCUT2D eigenvalue weighted by Crippen LogP contribution is 2.24. The van der Waals surface area contributed by atoms with Crippen molar-refractivity contribution in [1.29, 1.82) is 0 Å². The zero-order valence-electron chi connectivity index (χ0n) is 15.9. The highest BCUT2D eigenvalue weighted by molar-refractivity contribution is 5.92. The summed E-state index contributed by atoms with van der Waals surface area (Å²) in [5, 5.41) is 2.85. The van der Waals surface area contributed by atoms with Crippen molar-refractivity contribution < 1.29 is 13.6 Å². The van der Waals surface area contributed by atoms with E-state index in [1.165, 1.54) is 6.07 Å². The van der Waals surface area contributed by atoms with Gasteiger partial charge in [-0.15, -0.1) is 0 Å². The fourth-order valence-electron chi connectivity index (χ4n) is 3.14. The van der Waals surface area contributed by atoms with Gasteiger partial charge in [0.1, 0.15) is 17.4 Å². The summed E-state index contributed by atoms with van der Waals surface area (Å²) < 4.78 is 21.5. The second-order valence-electron chi connectivity index (χ2n) is 6.75. The van der Waals surface area contributed by atoms with Crippen molar-refractivity contribution in [2.75, 3.05) is 0 Å². The number of amides is 1. The van der Waals surface area contributed by atoms with Crippen LogP contribution in [0.2, 0.25) is 0 Å². The van der Waals surface area contributed by atoms with E-state index in [1.54, 1.807) is 36.5 Å². The largest absolute Gasteiger partial charge is 0.451 e. The monoisotopic (exact) mass is 389 g/mol. The van der Waals surface area contributed by atoms with Crippen LogP contribution in [0.4, 0.5) is 4.39 Å². The fraction of sp³-hybridized carbons (Fsp3) is 0.130. The van der Waals surface area contributed by atoms with Crippen LogP contribution in [0.25, 0.3) is 11.3 Å². The molecule has 6 heteroatoms. The van der Waals surface area contributed by atoms with Crippen LogP contribution in [0, 0.1) is 12.7 Å². The van der Waals surface area contributed by atoms with Gasteiger partial charge >= 0.3 is 0 Å². The maximum Gasteiger partial charge on any atom is 0.287 e. The molecule has 2 aromatic heterocycles. The molecule has 0 aliphatic heterocycles.